The lowest BCUT2D eigenvalue weighted by molar-refractivity contribution is -0.119. The number of rotatable bonds is 9. The van der Waals surface area contributed by atoms with Crippen LogP contribution in [0.1, 0.15) is 27.2 Å². The van der Waals surface area contributed by atoms with Crippen molar-refractivity contribution in [2.45, 2.75) is 33.3 Å². The summed E-state index contributed by atoms with van der Waals surface area (Å²) in [5, 5.41) is 8.94. The van der Waals surface area contributed by atoms with Crippen LogP contribution in [0.15, 0.2) is 29.3 Å². The highest BCUT2D eigenvalue weighted by molar-refractivity contribution is 5.84. The molecule has 1 amide bonds. The number of carbonyl (C=O) groups is 1. The molecule has 3 N–H and O–H groups in total. The molecule has 0 aliphatic heterocycles. The summed E-state index contributed by atoms with van der Waals surface area (Å²) in [6.45, 7) is 7.68. The second-order valence-corrected chi connectivity index (χ2v) is 5.31. The van der Waals surface area contributed by atoms with E-state index >= 15 is 0 Å². The van der Waals surface area contributed by atoms with E-state index < -0.39 is 0 Å². The Hall–Kier alpha value is -2.31. The number of carbonyl (C=O) groups excluding carboxylic acids is 1. The molecule has 0 fully saturated rings. The molecular formula is C17H27FN4O2. The molecule has 0 saturated carbocycles. The van der Waals surface area contributed by atoms with Crippen molar-refractivity contribution >= 4 is 11.9 Å². The van der Waals surface area contributed by atoms with Gasteiger partial charge in [-0.05, 0) is 32.4 Å². The summed E-state index contributed by atoms with van der Waals surface area (Å²) >= 11 is 0. The number of hydrogen-bond acceptors (Lipinski definition) is 3. The van der Waals surface area contributed by atoms with Crippen molar-refractivity contribution in [3.63, 3.8) is 0 Å². The zero-order valence-corrected chi connectivity index (χ0v) is 14.6. The van der Waals surface area contributed by atoms with E-state index in [0.29, 0.717) is 31.3 Å². The normalized spacial score (nSPS) is 12.4. The molecule has 0 spiro atoms. The first-order chi connectivity index (χ1) is 11.5. The van der Waals surface area contributed by atoms with Crippen LogP contribution in [-0.2, 0) is 4.79 Å². The fourth-order valence-electron chi connectivity index (χ4n) is 1.87. The number of benzene rings is 1. The van der Waals surface area contributed by atoms with Gasteiger partial charge < -0.3 is 20.7 Å². The lowest BCUT2D eigenvalue weighted by atomic mass is 10.3. The van der Waals surface area contributed by atoms with Gasteiger partial charge in [-0.1, -0.05) is 13.0 Å². The van der Waals surface area contributed by atoms with Crippen LogP contribution in [0, 0.1) is 5.82 Å². The van der Waals surface area contributed by atoms with Crippen molar-refractivity contribution in [1.29, 1.82) is 0 Å². The zero-order valence-electron chi connectivity index (χ0n) is 14.6. The van der Waals surface area contributed by atoms with E-state index in [-0.39, 0.29) is 24.4 Å². The molecule has 0 bridgehead atoms. The Labute approximate surface area is 142 Å². The molecule has 0 radical (unpaired) electrons. The number of halogens is 1. The van der Waals surface area contributed by atoms with Crippen molar-refractivity contribution in [2.75, 3.05) is 26.2 Å². The van der Waals surface area contributed by atoms with E-state index in [1.165, 1.54) is 12.1 Å². The molecule has 0 aliphatic carbocycles. The molecule has 0 heterocycles. The second-order valence-electron chi connectivity index (χ2n) is 5.31. The topological polar surface area (TPSA) is 74.8 Å². The molecule has 1 aromatic rings. The van der Waals surface area contributed by atoms with Crippen molar-refractivity contribution < 1.29 is 13.9 Å². The summed E-state index contributed by atoms with van der Waals surface area (Å²) in [6.07, 6.45) is 0.701. The Bertz CT molecular complexity index is 537. The largest absolute Gasteiger partial charge is 0.489 e. The fourth-order valence-corrected chi connectivity index (χ4v) is 1.87. The van der Waals surface area contributed by atoms with Gasteiger partial charge in [0.1, 0.15) is 24.2 Å². The van der Waals surface area contributed by atoms with Crippen LogP contribution >= 0.6 is 0 Å². The van der Waals surface area contributed by atoms with Crippen LogP contribution in [0.2, 0.25) is 0 Å². The Morgan fingerprint density at radius 3 is 2.75 bits per heavy atom. The molecule has 7 heteroatoms. The second kappa shape index (κ2) is 11.3. The summed E-state index contributed by atoms with van der Waals surface area (Å²) in [5.41, 5.74) is 0. The number of aliphatic imine (C=N–C) groups is 1. The highest BCUT2D eigenvalue weighted by atomic mass is 19.1. The number of nitrogens with one attached hydrogen (secondary N) is 3. The fraction of sp³-hybridized carbons (Fsp3) is 0.529. The first-order valence-corrected chi connectivity index (χ1v) is 8.26. The Kier molecular flexibility index (Phi) is 9.26. The first kappa shape index (κ1) is 19.7. The molecule has 1 rings (SSSR count). The first-order valence-electron chi connectivity index (χ1n) is 8.26. The quantitative estimate of drug-likeness (QED) is 0.473. The van der Waals surface area contributed by atoms with Crippen molar-refractivity contribution in [3.8, 4) is 5.75 Å². The lowest BCUT2D eigenvalue weighted by Crippen LogP contribution is -2.42. The summed E-state index contributed by atoms with van der Waals surface area (Å²) in [5.74, 6) is 0.572. The minimum Gasteiger partial charge on any atom is -0.489 e. The van der Waals surface area contributed by atoms with Gasteiger partial charge in [0.2, 0.25) is 5.91 Å². The number of hydrogen-bond donors (Lipinski definition) is 3. The molecule has 6 nitrogen and oxygen atoms in total. The van der Waals surface area contributed by atoms with Gasteiger partial charge in [-0.3, -0.25) is 4.79 Å². The van der Waals surface area contributed by atoms with Gasteiger partial charge in [0.15, 0.2) is 5.96 Å². The van der Waals surface area contributed by atoms with Gasteiger partial charge in [-0.2, -0.15) is 0 Å². The van der Waals surface area contributed by atoms with Gasteiger partial charge in [-0.25, -0.2) is 9.38 Å². The van der Waals surface area contributed by atoms with Gasteiger partial charge in [0.05, 0.1) is 6.54 Å². The monoisotopic (exact) mass is 338 g/mol. The zero-order chi connectivity index (χ0) is 17.8. The summed E-state index contributed by atoms with van der Waals surface area (Å²) < 4.78 is 18.8. The van der Waals surface area contributed by atoms with Crippen molar-refractivity contribution in [2.24, 2.45) is 4.99 Å². The molecular weight excluding hydrogens is 311 g/mol. The van der Waals surface area contributed by atoms with Crippen LogP contribution in [0.4, 0.5) is 4.39 Å². The predicted molar refractivity (Wildman–Crippen MR) is 93.8 cm³/mol. The number of amides is 1. The summed E-state index contributed by atoms with van der Waals surface area (Å²) in [7, 11) is 0. The smallest absolute Gasteiger partial charge is 0.241 e. The standard InChI is InChI=1S/C17H27FN4O2/c1-4-9-20-16(23)12-22-17(19-5-2)21-11-13(3)24-15-8-6-7-14(18)10-15/h6-8,10,13H,4-5,9,11-12H2,1-3H3,(H,20,23)(H2,19,21,22). The maximum atomic E-state index is 13.1. The molecule has 0 aliphatic rings. The van der Waals surface area contributed by atoms with E-state index in [1.54, 1.807) is 12.1 Å². The Balaban J connectivity index is 2.45. The maximum Gasteiger partial charge on any atom is 0.241 e. The third kappa shape index (κ3) is 8.36. The van der Waals surface area contributed by atoms with Gasteiger partial charge >= 0.3 is 0 Å². The van der Waals surface area contributed by atoms with Crippen LogP contribution in [0.5, 0.6) is 5.75 Å². The summed E-state index contributed by atoms with van der Waals surface area (Å²) in [4.78, 5) is 15.8. The third-order valence-electron chi connectivity index (χ3n) is 2.99. The van der Waals surface area contributed by atoms with Crippen LogP contribution in [0.3, 0.4) is 0 Å². The van der Waals surface area contributed by atoms with E-state index in [4.69, 9.17) is 4.74 Å². The van der Waals surface area contributed by atoms with Crippen molar-refractivity contribution in [3.05, 3.63) is 30.1 Å². The average Bonchev–Trinajstić information content (AvgIpc) is 2.55. The SMILES string of the molecule is CCCNC(=O)CN=C(NCC)NCC(C)Oc1cccc(F)c1. The van der Waals surface area contributed by atoms with Gasteiger partial charge in [0.25, 0.3) is 0 Å². The highest BCUT2D eigenvalue weighted by Gasteiger charge is 2.07. The van der Waals surface area contributed by atoms with E-state index in [2.05, 4.69) is 20.9 Å². The highest BCUT2D eigenvalue weighted by Crippen LogP contribution is 2.13. The molecule has 24 heavy (non-hydrogen) atoms. The molecule has 1 unspecified atom stereocenters. The predicted octanol–water partition coefficient (Wildman–Crippen LogP) is 1.67. The Morgan fingerprint density at radius 2 is 2.08 bits per heavy atom. The van der Waals surface area contributed by atoms with Crippen LogP contribution in [0.25, 0.3) is 0 Å². The van der Waals surface area contributed by atoms with E-state index in [0.717, 1.165) is 6.42 Å². The minimum absolute atomic E-state index is 0.0640. The van der Waals surface area contributed by atoms with Gasteiger partial charge in [0, 0.05) is 19.2 Å². The van der Waals surface area contributed by atoms with Crippen LogP contribution in [-0.4, -0.2) is 44.1 Å². The molecule has 0 saturated heterocycles. The average molecular weight is 338 g/mol. The maximum absolute atomic E-state index is 13.1. The molecule has 1 atom stereocenters. The number of guanidine groups is 1. The van der Waals surface area contributed by atoms with Crippen molar-refractivity contribution in [1.82, 2.24) is 16.0 Å². The molecule has 134 valence electrons. The lowest BCUT2D eigenvalue weighted by Gasteiger charge is -2.17. The number of nitrogens with zero attached hydrogens (tertiary/aromatic N) is 1. The van der Waals surface area contributed by atoms with E-state index in [9.17, 15) is 9.18 Å². The third-order valence-corrected chi connectivity index (χ3v) is 2.99. The van der Waals surface area contributed by atoms with Gasteiger partial charge in [-0.15, -0.1) is 0 Å². The van der Waals surface area contributed by atoms with Crippen LogP contribution < -0.4 is 20.7 Å². The summed E-state index contributed by atoms with van der Waals surface area (Å²) in [6, 6.07) is 6.02. The minimum atomic E-state index is -0.333. The molecule has 0 aromatic heterocycles. The number of ether oxygens (including phenoxy) is 1. The molecule has 1 aromatic carbocycles. The Morgan fingerprint density at radius 1 is 1.29 bits per heavy atom. The van der Waals surface area contributed by atoms with E-state index in [1.807, 2.05) is 20.8 Å².